The van der Waals surface area contributed by atoms with Crippen LogP contribution in [0.3, 0.4) is 0 Å². The molecule has 0 saturated carbocycles. The summed E-state index contributed by atoms with van der Waals surface area (Å²) >= 11 is 0. The highest BCUT2D eigenvalue weighted by Crippen LogP contribution is 2.40. The number of piperazine rings is 1. The summed E-state index contributed by atoms with van der Waals surface area (Å²) in [7, 11) is 1.06. The fourth-order valence-electron chi connectivity index (χ4n) is 9.41. The molecule has 4 aliphatic rings. The lowest BCUT2D eigenvalue weighted by molar-refractivity contribution is -0.136. The topological polar surface area (TPSA) is 261 Å². The van der Waals surface area contributed by atoms with Crippen LogP contribution in [0.5, 0.6) is 5.75 Å². The molecule has 24 heteroatoms. The van der Waals surface area contributed by atoms with Crippen LogP contribution in [-0.4, -0.2) is 140 Å². The second-order valence-electron chi connectivity index (χ2n) is 18.3. The highest BCUT2D eigenvalue weighted by molar-refractivity contribution is 7.86. The lowest BCUT2D eigenvalue weighted by Gasteiger charge is -2.35. The molecule has 3 fully saturated rings. The Kier molecular flexibility index (Phi) is 16.4. The number of nitrogens with zero attached hydrogens (tertiary/aromatic N) is 8. The first kappa shape index (κ1) is 53.3. The molecule has 6 heterocycles. The fourth-order valence-corrected chi connectivity index (χ4v) is 9.88. The van der Waals surface area contributed by atoms with Gasteiger partial charge in [0.05, 0.1) is 45.9 Å². The molecule has 0 aliphatic carbocycles. The van der Waals surface area contributed by atoms with Gasteiger partial charge in [0.1, 0.15) is 41.5 Å². The average molecular weight is 1050 g/mol. The predicted octanol–water partition coefficient (Wildman–Crippen LogP) is 4.58. The van der Waals surface area contributed by atoms with Gasteiger partial charge in [-0.05, 0) is 75.2 Å². The number of allylic oxidation sites excluding steroid dienone is 1. The monoisotopic (exact) mass is 1050 g/mol. The van der Waals surface area contributed by atoms with Crippen molar-refractivity contribution in [3.05, 3.63) is 101 Å². The minimum Gasteiger partial charge on any atom is -0.484 e. The molecule has 75 heavy (non-hydrogen) atoms. The molecular weight excluding hydrogens is 998 g/mol. The molecule has 0 spiro atoms. The molecule has 5 aromatic rings. The predicted molar refractivity (Wildman–Crippen MR) is 275 cm³/mol. The van der Waals surface area contributed by atoms with Crippen LogP contribution in [0.15, 0.2) is 78.1 Å². The Bertz CT molecular complexity index is 3120. The van der Waals surface area contributed by atoms with Gasteiger partial charge in [-0.25, -0.2) is 13.6 Å². The number of imide groups is 2. The summed E-state index contributed by atoms with van der Waals surface area (Å²) in [5.41, 5.74) is 17.2. The number of ether oxygens (including phenoxy) is 1. The lowest BCUT2D eigenvalue weighted by atomic mass is 10.0. The van der Waals surface area contributed by atoms with Crippen molar-refractivity contribution in [3.8, 4) is 17.0 Å². The number of amides is 5. The minimum absolute atomic E-state index is 0.0480. The second-order valence-corrected chi connectivity index (χ2v) is 19.4. The molecule has 3 unspecified atom stereocenters. The van der Waals surface area contributed by atoms with E-state index in [-0.39, 0.29) is 54.4 Å². The molecule has 3 aromatic carbocycles. The van der Waals surface area contributed by atoms with E-state index in [4.69, 9.17) is 26.3 Å². The number of piperidine rings is 2. The quantitative estimate of drug-likeness (QED) is 0.0514. The maximum Gasteiger partial charge on any atom is 0.330 e. The van der Waals surface area contributed by atoms with Crippen LogP contribution in [0.1, 0.15) is 77.0 Å². The highest BCUT2D eigenvalue weighted by atomic mass is 32.2. The number of aryl methyl sites for hydroxylation is 1. The number of nitrogen functional groups attached to an aromatic ring is 1. The number of aldehydes is 1. The van der Waals surface area contributed by atoms with E-state index in [0.717, 1.165) is 36.8 Å². The molecule has 3 atom stereocenters. The maximum absolute atomic E-state index is 13.5. The van der Waals surface area contributed by atoms with E-state index in [1.807, 2.05) is 13.1 Å². The van der Waals surface area contributed by atoms with Crippen LogP contribution in [0.25, 0.3) is 27.7 Å². The van der Waals surface area contributed by atoms with Crippen LogP contribution in [0.4, 0.5) is 30.4 Å². The van der Waals surface area contributed by atoms with Gasteiger partial charge >= 0.3 is 5.76 Å². The highest BCUT2D eigenvalue weighted by Gasteiger charge is 2.46. The summed E-state index contributed by atoms with van der Waals surface area (Å²) in [6.07, 6.45) is 5.99. The van der Waals surface area contributed by atoms with E-state index >= 15 is 0 Å². The summed E-state index contributed by atoms with van der Waals surface area (Å²) in [5.74, 6) is -5.38. The van der Waals surface area contributed by atoms with Gasteiger partial charge in [-0.3, -0.25) is 48.6 Å². The Morgan fingerprint density at radius 2 is 1.71 bits per heavy atom. The normalized spacial score (nSPS) is 18.5. The van der Waals surface area contributed by atoms with Crippen molar-refractivity contribution in [3.63, 3.8) is 0 Å². The number of rotatable bonds is 14. The van der Waals surface area contributed by atoms with E-state index in [9.17, 15) is 46.1 Å². The van der Waals surface area contributed by atoms with Gasteiger partial charge in [-0.15, -0.1) is 0 Å². The number of likely N-dealkylation sites (tertiary alicyclic amines) is 1. The van der Waals surface area contributed by atoms with Crippen LogP contribution in [0.2, 0.25) is 0 Å². The molecule has 6 N–H and O–H groups in total. The number of hydrogen-bond donors (Lipinski definition) is 4. The molecular formula is C51H55F3N12O8S. The minimum atomic E-state index is -3.15. The van der Waals surface area contributed by atoms with Crippen LogP contribution in [0, 0.1) is 5.82 Å². The van der Waals surface area contributed by atoms with Crippen molar-refractivity contribution in [2.45, 2.75) is 63.0 Å². The molecule has 0 radical (unpaired) electrons. The number of benzene rings is 3. The maximum atomic E-state index is 13.5. The zero-order valence-electron chi connectivity index (χ0n) is 41.2. The van der Waals surface area contributed by atoms with E-state index in [1.54, 1.807) is 72.4 Å². The third-order valence-corrected chi connectivity index (χ3v) is 14.2. The number of nitrogens with two attached hydrogens (primary N) is 2. The first-order chi connectivity index (χ1) is 36.0. The van der Waals surface area contributed by atoms with Crippen molar-refractivity contribution in [1.82, 2.24) is 34.8 Å². The summed E-state index contributed by atoms with van der Waals surface area (Å²) in [4.78, 5) is 88.3. The Hall–Kier alpha value is -7.99. The number of carbonyl (C=O) groups is 6. The van der Waals surface area contributed by atoms with Crippen LogP contribution < -0.4 is 31.1 Å². The summed E-state index contributed by atoms with van der Waals surface area (Å²) in [5, 5.41) is 7.43. The number of fused-ring (bicyclic) bond motifs is 2. The molecule has 9 rings (SSSR count). The number of anilines is 3. The van der Waals surface area contributed by atoms with Crippen molar-refractivity contribution in [2.75, 3.05) is 61.7 Å². The Balaban J connectivity index is 0.000000240. The van der Waals surface area contributed by atoms with Gasteiger partial charge in [-0.1, -0.05) is 24.3 Å². The van der Waals surface area contributed by atoms with Gasteiger partial charge in [0, 0.05) is 88.0 Å². The number of hydrogen-bond acceptors (Lipinski definition) is 15. The van der Waals surface area contributed by atoms with Crippen LogP contribution in [-0.2, 0) is 37.2 Å². The standard InChI is InChI=1S/C33H35F3N8O4S.C18H20N4O4/c1-19(20-3-6-23(34)7-4-20)48-27-15-21(5-8-26(27)42-49(47)33(35)36)30-29-31(43(2)41-30)25(18-40-32(29)38)22(16-37)17-39-24-9-12-44(13-10-24)28(46)11-14-45;1-20-7-9-21(10-8-20)12-4-2-3-11-15(12)18(26)22(17(11)25)13-5-6-14(23)19-16(13)24/h3-8,14-19,24,33,42H,9-13,37H2,1-2H3,(H2,38,40);2-4,13H,5-10H2,1H3,(H,19,23,24)/b22-16+,39-17?;. The molecule has 3 saturated heterocycles. The number of carbonyl (C=O) groups excluding carboxylic acids is 6. The van der Waals surface area contributed by atoms with Gasteiger partial charge in [-0.2, -0.15) is 13.9 Å². The van der Waals surface area contributed by atoms with E-state index in [0.29, 0.717) is 82.2 Å². The number of aliphatic imine (C=N–C) groups is 1. The summed E-state index contributed by atoms with van der Waals surface area (Å²) < 4.78 is 62.1. The number of alkyl halides is 2. The largest absolute Gasteiger partial charge is 0.484 e. The van der Waals surface area contributed by atoms with Gasteiger partial charge in [0.25, 0.3) is 11.8 Å². The van der Waals surface area contributed by atoms with E-state index < -0.39 is 52.4 Å². The Morgan fingerprint density at radius 3 is 2.37 bits per heavy atom. The number of halogens is 3. The average Bonchev–Trinajstić information content (AvgIpc) is 3.90. The van der Waals surface area contributed by atoms with E-state index in [2.05, 4.69) is 24.8 Å². The molecule has 394 valence electrons. The first-order valence-electron chi connectivity index (χ1n) is 24.1. The molecule has 0 bridgehead atoms. The smallest absolute Gasteiger partial charge is 0.330 e. The zero-order chi connectivity index (χ0) is 53.7. The van der Waals surface area contributed by atoms with Crippen molar-refractivity contribution in [1.29, 1.82) is 0 Å². The van der Waals surface area contributed by atoms with Crippen molar-refractivity contribution in [2.24, 2.45) is 17.8 Å². The summed E-state index contributed by atoms with van der Waals surface area (Å²) in [6.45, 7) is 5.99. The molecule has 5 amide bonds. The van der Waals surface area contributed by atoms with Gasteiger partial charge in [0.15, 0.2) is 11.0 Å². The van der Waals surface area contributed by atoms with Crippen molar-refractivity contribution >= 4 is 86.7 Å². The number of aromatic nitrogens is 3. The summed E-state index contributed by atoms with van der Waals surface area (Å²) in [6, 6.07) is 14.5. The van der Waals surface area contributed by atoms with Gasteiger partial charge in [0.2, 0.25) is 17.7 Å². The number of nitrogens with one attached hydrogen (secondary N) is 2. The van der Waals surface area contributed by atoms with Crippen molar-refractivity contribution < 1.29 is 50.9 Å². The number of likely N-dealkylation sites (N-methyl/N-ethyl adjacent to an activating group) is 1. The Morgan fingerprint density at radius 1 is 0.987 bits per heavy atom. The third-order valence-electron chi connectivity index (χ3n) is 13.4. The lowest BCUT2D eigenvalue weighted by Crippen LogP contribution is -2.54. The number of pyridine rings is 1. The fraction of sp³-hybridized carbons (Fsp3) is 0.353. The first-order valence-corrected chi connectivity index (χ1v) is 25.3. The molecule has 2 aromatic heterocycles. The second kappa shape index (κ2) is 23.1. The SMILES string of the molecule is CC(Oc1cc(-c2nn(C)c3c(/C(C=NC4CCN(C(=O)CC=O)CC4)=C/N)cnc(N)c23)ccc1NS(=O)C(F)F)c1ccc(F)cc1.CN1CCN(c2cccc3c2C(=O)N(C2CCC(=O)NC2=O)C3=O)CC1. The zero-order valence-corrected chi connectivity index (χ0v) is 42.0. The van der Waals surface area contributed by atoms with Crippen LogP contribution >= 0.6 is 0 Å². The molecule has 20 nitrogen and oxygen atoms in total. The molecule has 4 aliphatic heterocycles. The third kappa shape index (κ3) is 11.6. The van der Waals surface area contributed by atoms with E-state index in [1.165, 1.54) is 24.4 Å². The Labute approximate surface area is 431 Å². The van der Waals surface area contributed by atoms with Gasteiger partial charge < -0.3 is 35.7 Å².